The summed E-state index contributed by atoms with van der Waals surface area (Å²) < 4.78 is 38.0. The van der Waals surface area contributed by atoms with Crippen LogP contribution in [0.3, 0.4) is 0 Å². The molecule has 398 valence electrons. The molecule has 2 rings (SSSR count). The van der Waals surface area contributed by atoms with E-state index >= 15 is 0 Å². The highest BCUT2D eigenvalue weighted by Crippen LogP contribution is 2.25. The zero-order valence-corrected chi connectivity index (χ0v) is 43.2. The maximum absolute atomic E-state index is 13.2. The number of esters is 2. The average molecular weight is 992 g/mol. The molecule has 1 fully saturated rings. The largest absolute Gasteiger partial charge is 0.483 e. The Morgan fingerprint density at radius 1 is 0.529 bits per heavy atom. The summed E-state index contributed by atoms with van der Waals surface area (Å²) in [5.41, 5.74) is 0.206. The first-order valence-electron chi connectivity index (χ1n) is 25.6. The van der Waals surface area contributed by atoms with Crippen molar-refractivity contribution in [2.24, 2.45) is 0 Å². The summed E-state index contributed by atoms with van der Waals surface area (Å²) in [4.78, 5) is 88.8. The highest BCUT2D eigenvalue weighted by atomic mass is 16.7. The first kappa shape index (κ1) is 61.5. The molecule has 4 amide bonds. The lowest BCUT2D eigenvalue weighted by molar-refractivity contribution is -0.200. The van der Waals surface area contributed by atoms with Crippen molar-refractivity contribution in [2.75, 3.05) is 72.6 Å². The molecule has 0 aliphatic carbocycles. The summed E-state index contributed by atoms with van der Waals surface area (Å²) in [6.45, 7) is 11.6. The molecule has 1 saturated heterocycles. The molecule has 1 aliphatic rings. The Hall–Kier alpha value is -4.65. The Morgan fingerprint density at radius 2 is 0.986 bits per heavy atom. The fraction of sp³-hybridized carbons (Fsp3) is 0.750. The van der Waals surface area contributed by atoms with E-state index in [0.717, 1.165) is 37.7 Å². The Balaban J connectivity index is 1.48. The fourth-order valence-corrected chi connectivity index (χ4v) is 7.13. The van der Waals surface area contributed by atoms with Gasteiger partial charge in [0.2, 0.25) is 5.91 Å². The monoisotopic (exact) mass is 992 g/mol. The molecule has 1 aromatic carbocycles. The number of carbonyl (C=O) groups excluding carboxylic acids is 7. The minimum Gasteiger partial charge on any atom is -0.483 e. The molecule has 0 unspecified atom stereocenters. The molecule has 1 aromatic rings. The summed E-state index contributed by atoms with van der Waals surface area (Å²) >= 11 is 0. The molecule has 70 heavy (non-hydrogen) atoms. The molecule has 18 nitrogen and oxygen atoms in total. The van der Waals surface area contributed by atoms with Gasteiger partial charge >= 0.3 is 17.9 Å². The third-order valence-corrected chi connectivity index (χ3v) is 10.6. The van der Waals surface area contributed by atoms with Crippen molar-refractivity contribution in [3.05, 3.63) is 29.3 Å². The van der Waals surface area contributed by atoms with Gasteiger partial charge in [0.1, 0.15) is 35.7 Å². The molecule has 1 heterocycles. The van der Waals surface area contributed by atoms with Crippen molar-refractivity contribution in [3.8, 4) is 5.75 Å². The number of rotatable bonds is 40. The van der Waals surface area contributed by atoms with E-state index in [0.29, 0.717) is 11.5 Å². The van der Waals surface area contributed by atoms with Crippen LogP contribution in [0.5, 0.6) is 5.75 Å². The van der Waals surface area contributed by atoms with Gasteiger partial charge in [0.15, 0.2) is 6.61 Å². The number of hydrogen-bond acceptors (Lipinski definition) is 15. The maximum Gasteiger partial charge on any atom is 0.358 e. The number of hydroxylamine groups is 2. The van der Waals surface area contributed by atoms with Crippen LogP contribution < -0.4 is 15.4 Å². The van der Waals surface area contributed by atoms with Crippen LogP contribution in [0.1, 0.15) is 179 Å². The number of carbonyl (C=O) groups is 7. The molecule has 2 N–H and O–H groups in total. The second-order valence-corrected chi connectivity index (χ2v) is 19.4. The zero-order chi connectivity index (χ0) is 51.5. The number of ether oxygens (including phenoxy) is 7. The first-order valence-corrected chi connectivity index (χ1v) is 25.6. The van der Waals surface area contributed by atoms with Crippen molar-refractivity contribution in [1.82, 2.24) is 15.7 Å². The molecule has 0 bridgehead atoms. The summed E-state index contributed by atoms with van der Waals surface area (Å²) in [6.07, 6.45) is 20.8. The molecule has 0 spiro atoms. The van der Waals surface area contributed by atoms with Crippen LogP contribution in [0, 0.1) is 0 Å². The molecule has 0 atom stereocenters. The molecule has 1 aliphatic heterocycles. The van der Waals surface area contributed by atoms with Crippen molar-refractivity contribution in [1.29, 1.82) is 0 Å². The van der Waals surface area contributed by atoms with Crippen molar-refractivity contribution in [2.45, 2.75) is 181 Å². The van der Waals surface area contributed by atoms with Crippen LogP contribution in [-0.2, 0) is 68.4 Å². The van der Waals surface area contributed by atoms with E-state index in [1.165, 1.54) is 77.0 Å². The third-order valence-electron chi connectivity index (χ3n) is 10.6. The van der Waals surface area contributed by atoms with Gasteiger partial charge in [-0.05, 0) is 78.5 Å². The van der Waals surface area contributed by atoms with Gasteiger partial charge < -0.3 is 48.6 Å². The molecule has 0 saturated carbocycles. The van der Waals surface area contributed by atoms with Crippen LogP contribution in [-0.4, -0.2) is 130 Å². The summed E-state index contributed by atoms with van der Waals surface area (Å²) in [6, 6.07) is 5.47. The first-order chi connectivity index (χ1) is 33.4. The average Bonchev–Trinajstić information content (AvgIpc) is 3.60. The quantitative estimate of drug-likeness (QED) is 0.0371. The van der Waals surface area contributed by atoms with E-state index in [2.05, 4.69) is 15.5 Å². The normalized spacial score (nSPS) is 12.8. The van der Waals surface area contributed by atoms with Gasteiger partial charge in [-0.3, -0.25) is 24.0 Å². The standard InChI is InChI=1S/C52H85N3O15/c1-51(2,3)68-48(60)24-22-20-18-16-14-12-10-8-7-9-11-13-15-17-19-21-23-41-25-26-43(42(37-41)50(62)69-52(4,5)6)67-39-45(57)54-30-32-63-33-35-65-38-44(56)53-29-31-64-34-36-66-40-49(61)70-55-46(58)27-28-47(55)59/h25-26,37H,7-24,27-36,38-40H2,1-6H3,(H,53,56)(H,54,57). The molecular weight excluding hydrogens is 907 g/mol. The van der Waals surface area contributed by atoms with Gasteiger partial charge in [0, 0.05) is 32.4 Å². The van der Waals surface area contributed by atoms with E-state index in [4.69, 9.17) is 33.2 Å². The number of hydrogen-bond donors (Lipinski definition) is 2. The van der Waals surface area contributed by atoms with Crippen LogP contribution in [0.25, 0.3) is 0 Å². The van der Waals surface area contributed by atoms with Gasteiger partial charge in [-0.1, -0.05) is 96.0 Å². The second kappa shape index (κ2) is 36.3. The minimum atomic E-state index is -0.871. The van der Waals surface area contributed by atoms with Crippen LogP contribution in [0.15, 0.2) is 18.2 Å². The van der Waals surface area contributed by atoms with E-state index < -0.39 is 41.6 Å². The Kier molecular flexibility index (Phi) is 31.9. The Bertz CT molecular complexity index is 1690. The number of amides is 4. The van der Waals surface area contributed by atoms with Crippen LogP contribution in [0.4, 0.5) is 0 Å². The molecular formula is C52H85N3O15. The number of benzene rings is 1. The second-order valence-electron chi connectivity index (χ2n) is 19.4. The van der Waals surface area contributed by atoms with Gasteiger partial charge in [-0.2, -0.15) is 0 Å². The van der Waals surface area contributed by atoms with E-state index in [1.54, 1.807) is 26.8 Å². The van der Waals surface area contributed by atoms with Crippen LogP contribution >= 0.6 is 0 Å². The van der Waals surface area contributed by atoms with Gasteiger partial charge in [-0.15, -0.1) is 5.06 Å². The lowest BCUT2D eigenvalue weighted by Gasteiger charge is -2.21. The third kappa shape index (κ3) is 32.3. The number of imide groups is 1. The van der Waals surface area contributed by atoms with Gasteiger partial charge in [0.05, 0.1) is 39.6 Å². The Labute approximate surface area is 416 Å². The van der Waals surface area contributed by atoms with Crippen LogP contribution in [0.2, 0.25) is 0 Å². The SMILES string of the molecule is CC(C)(C)OC(=O)CCCCCCCCCCCCCCCCCCc1ccc(OCC(=O)NCCOCCOCC(=O)NCCOCCOCC(=O)ON2C(=O)CCC2=O)c(C(=O)OC(C)(C)C)c1. The zero-order valence-electron chi connectivity index (χ0n) is 43.2. The number of unbranched alkanes of at least 4 members (excludes halogenated alkanes) is 15. The van der Waals surface area contributed by atoms with E-state index in [-0.39, 0.29) is 108 Å². The lowest BCUT2D eigenvalue weighted by atomic mass is 10.0. The van der Waals surface area contributed by atoms with E-state index in [1.807, 2.05) is 32.9 Å². The number of nitrogens with zero attached hydrogens (tertiary/aromatic N) is 1. The van der Waals surface area contributed by atoms with Gasteiger partial charge in [-0.25, -0.2) is 9.59 Å². The highest BCUT2D eigenvalue weighted by molar-refractivity contribution is 6.01. The van der Waals surface area contributed by atoms with Crippen molar-refractivity contribution in [3.63, 3.8) is 0 Å². The fourth-order valence-electron chi connectivity index (χ4n) is 7.13. The smallest absolute Gasteiger partial charge is 0.358 e. The molecule has 0 radical (unpaired) electrons. The Morgan fingerprint density at radius 3 is 1.50 bits per heavy atom. The van der Waals surface area contributed by atoms with Gasteiger partial charge in [0.25, 0.3) is 17.7 Å². The molecule has 18 heteroatoms. The summed E-state index contributed by atoms with van der Waals surface area (Å²) in [5, 5.41) is 5.81. The summed E-state index contributed by atoms with van der Waals surface area (Å²) in [5.74, 6) is -3.04. The maximum atomic E-state index is 13.2. The predicted molar refractivity (Wildman–Crippen MR) is 262 cm³/mol. The highest BCUT2D eigenvalue weighted by Gasteiger charge is 2.33. The number of nitrogens with one attached hydrogen (secondary N) is 2. The topological polar surface area (TPSA) is 221 Å². The van der Waals surface area contributed by atoms with Crippen molar-refractivity contribution < 1.29 is 71.6 Å². The molecule has 0 aromatic heterocycles. The van der Waals surface area contributed by atoms with Crippen molar-refractivity contribution >= 4 is 41.5 Å². The number of aryl methyl sites for hydroxylation is 1. The minimum absolute atomic E-state index is 0.00772. The predicted octanol–water partition coefficient (Wildman–Crippen LogP) is 7.44. The lowest BCUT2D eigenvalue weighted by Crippen LogP contribution is -2.33. The van der Waals surface area contributed by atoms with E-state index in [9.17, 15) is 33.6 Å². The summed E-state index contributed by atoms with van der Waals surface area (Å²) in [7, 11) is 0.